The summed E-state index contributed by atoms with van der Waals surface area (Å²) in [6.07, 6.45) is 1.42. The van der Waals surface area contributed by atoms with E-state index in [1.54, 1.807) is 6.07 Å². The van der Waals surface area contributed by atoms with Crippen LogP contribution < -0.4 is 4.74 Å². The van der Waals surface area contributed by atoms with Crippen LogP contribution in [0.1, 0.15) is 22.8 Å². The smallest absolute Gasteiger partial charge is 0.164 e. The van der Waals surface area contributed by atoms with E-state index in [0.717, 1.165) is 11.8 Å². The number of aromatic hydroxyl groups is 1. The van der Waals surface area contributed by atoms with Gasteiger partial charge in [0.15, 0.2) is 11.5 Å². The van der Waals surface area contributed by atoms with E-state index in [1.807, 2.05) is 6.92 Å². The summed E-state index contributed by atoms with van der Waals surface area (Å²) >= 11 is 0. The molecule has 0 aliphatic heterocycles. The molecule has 1 N–H and O–H groups in total. The SMILES string of the molecule is CCc1c(C=O)ccc(O)c1OC. The quantitative estimate of drug-likeness (QED) is 0.721. The van der Waals surface area contributed by atoms with Gasteiger partial charge in [-0.25, -0.2) is 0 Å². The summed E-state index contributed by atoms with van der Waals surface area (Å²) in [5.41, 5.74) is 1.31. The minimum atomic E-state index is 0.0740. The minimum absolute atomic E-state index is 0.0740. The van der Waals surface area contributed by atoms with Crippen molar-refractivity contribution in [3.8, 4) is 11.5 Å². The number of hydrogen-bond donors (Lipinski definition) is 1. The average Bonchev–Trinajstić information content (AvgIpc) is 2.17. The standard InChI is InChI=1S/C10H12O3/c1-3-8-7(6-11)4-5-9(12)10(8)13-2/h4-6,12H,3H2,1-2H3. The lowest BCUT2D eigenvalue weighted by Gasteiger charge is -2.10. The van der Waals surface area contributed by atoms with Crippen LogP contribution in [0, 0.1) is 0 Å². The Hall–Kier alpha value is -1.51. The van der Waals surface area contributed by atoms with Crippen molar-refractivity contribution in [2.75, 3.05) is 7.11 Å². The van der Waals surface area contributed by atoms with Crippen molar-refractivity contribution in [1.82, 2.24) is 0 Å². The van der Waals surface area contributed by atoms with Gasteiger partial charge >= 0.3 is 0 Å². The first-order valence-electron chi connectivity index (χ1n) is 4.08. The van der Waals surface area contributed by atoms with E-state index in [2.05, 4.69) is 0 Å². The molecule has 0 atom stereocenters. The number of benzene rings is 1. The fraction of sp³-hybridized carbons (Fsp3) is 0.300. The fourth-order valence-corrected chi connectivity index (χ4v) is 1.33. The maximum absolute atomic E-state index is 10.6. The Balaban J connectivity index is 3.35. The van der Waals surface area contributed by atoms with Gasteiger partial charge in [0.2, 0.25) is 0 Å². The Morgan fingerprint density at radius 3 is 2.69 bits per heavy atom. The van der Waals surface area contributed by atoms with Gasteiger partial charge in [0, 0.05) is 11.1 Å². The highest BCUT2D eigenvalue weighted by Crippen LogP contribution is 2.31. The van der Waals surface area contributed by atoms with Crippen molar-refractivity contribution in [2.45, 2.75) is 13.3 Å². The molecule has 0 bridgehead atoms. The molecule has 0 unspecified atom stereocenters. The molecule has 0 radical (unpaired) electrons. The van der Waals surface area contributed by atoms with Crippen molar-refractivity contribution in [2.24, 2.45) is 0 Å². The second kappa shape index (κ2) is 3.94. The van der Waals surface area contributed by atoms with E-state index in [9.17, 15) is 9.90 Å². The molecule has 0 fully saturated rings. The molecule has 0 heterocycles. The van der Waals surface area contributed by atoms with Gasteiger partial charge in [-0.2, -0.15) is 0 Å². The predicted octanol–water partition coefficient (Wildman–Crippen LogP) is 1.78. The van der Waals surface area contributed by atoms with E-state index in [0.29, 0.717) is 17.7 Å². The molecule has 0 aromatic heterocycles. The first kappa shape index (κ1) is 9.58. The minimum Gasteiger partial charge on any atom is -0.504 e. The van der Waals surface area contributed by atoms with E-state index in [4.69, 9.17) is 4.74 Å². The Labute approximate surface area is 77.0 Å². The van der Waals surface area contributed by atoms with Gasteiger partial charge in [0.1, 0.15) is 6.29 Å². The number of methoxy groups -OCH3 is 1. The maximum Gasteiger partial charge on any atom is 0.164 e. The van der Waals surface area contributed by atoms with Gasteiger partial charge in [0.05, 0.1) is 7.11 Å². The number of rotatable bonds is 3. The van der Waals surface area contributed by atoms with Gasteiger partial charge < -0.3 is 9.84 Å². The highest BCUT2D eigenvalue weighted by Gasteiger charge is 2.10. The Morgan fingerprint density at radius 1 is 1.54 bits per heavy atom. The van der Waals surface area contributed by atoms with Crippen LogP contribution in [0.15, 0.2) is 12.1 Å². The molecule has 1 aromatic carbocycles. The zero-order valence-corrected chi connectivity index (χ0v) is 7.70. The number of phenols is 1. The molecule has 0 saturated heterocycles. The summed E-state index contributed by atoms with van der Waals surface area (Å²) in [4.78, 5) is 10.6. The molecule has 0 saturated carbocycles. The number of ether oxygens (including phenoxy) is 1. The number of carbonyl (C=O) groups is 1. The summed E-state index contributed by atoms with van der Waals surface area (Å²) in [5, 5.41) is 9.40. The molecular formula is C10H12O3. The largest absolute Gasteiger partial charge is 0.504 e. The van der Waals surface area contributed by atoms with Crippen LogP contribution in [0.25, 0.3) is 0 Å². The molecule has 3 heteroatoms. The zero-order valence-electron chi connectivity index (χ0n) is 7.70. The van der Waals surface area contributed by atoms with Crippen LogP contribution in [-0.2, 0) is 6.42 Å². The van der Waals surface area contributed by atoms with Crippen LogP contribution in [0.3, 0.4) is 0 Å². The van der Waals surface area contributed by atoms with Gasteiger partial charge in [-0.3, -0.25) is 4.79 Å². The van der Waals surface area contributed by atoms with Gasteiger partial charge in [0.25, 0.3) is 0 Å². The first-order chi connectivity index (χ1) is 6.24. The van der Waals surface area contributed by atoms with Crippen LogP contribution in [-0.4, -0.2) is 18.5 Å². The molecule has 0 spiro atoms. The van der Waals surface area contributed by atoms with Gasteiger partial charge in [-0.05, 0) is 18.6 Å². The van der Waals surface area contributed by atoms with Crippen molar-refractivity contribution >= 4 is 6.29 Å². The molecular weight excluding hydrogens is 168 g/mol. The number of hydrogen-bond acceptors (Lipinski definition) is 3. The third kappa shape index (κ3) is 1.64. The van der Waals surface area contributed by atoms with Crippen LogP contribution in [0.4, 0.5) is 0 Å². The number of phenolic OH excluding ortho intramolecular Hbond substituents is 1. The van der Waals surface area contributed by atoms with Gasteiger partial charge in [-0.15, -0.1) is 0 Å². The summed E-state index contributed by atoms with van der Waals surface area (Å²) in [6.45, 7) is 1.91. The van der Waals surface area contributed by atoms with Crippen molar-refractivity contribution in [3.05, 3.63) is 23.3 Å². The topological polar surface area (TPSA) is 46.5 Å². The van der Waals surface area contributed by atoms with E-state index >= 15 is 0 Å². The van der Waals surface area contributed by atoms with Crippen LogP contribution >= 0.6 is 0 Å². The van der Waals surface area contributed by atoms with Crippen LogP contribution in [0.5, 0.6) is 11.5 Å². The maximum atomic E-state index is 10.6. The molecule has 70 valence electrons. The molecule has 1 aromatic rings. The molecule has 0 aliphatic carbocycles. The Bertz CT molecular complexity index is 318. The van der Waals surface area contributed by atoms with E-state index in [1.165, 1.54) is 13.2 Å². The van der Waals surface area contributed by atoms with Gasteiger partial charge in [-0.1, -0.05) is 6.92 Å². The lowest BCUT2D eigenvalue weighted by molar-refractivity contribution is 0.112. The summed E-state index contributed by atoms with van der Waals surface area (Å²) in [5.74, 6) is 0.469. The normalized spacial score (nSPS) is 9.69. The number of carbonyl (C=O) groups excluding carboxylic acids is 1. The second-order valence-corrected chi connectivity index (χ2v) is 2.66. The highest BCUT2D eigenvalue weighted by molar-refractivity contribution is 5.79. The van der Waals surface area contributed by atoms with Crippen molar-refractivity contribution in [3.63, 3.8) is 0 Å². The second-order valence-electron chi connectivity index (χ2n) is 2.66. The Morgan fingerprint density at radius 2 is 2.23 bits per heavy atom. The monoisotopic (exact) mass is 180 g/mol. The average molecular weight is 180 g/mol. The number of aldehydes is 1. The molecule has 0 aliphatic rings. The van der Waals surface area contributed by atoms with Crippen molar-refractivity contribution < 1.29 is 14.6 Å². The first-order valence-corrected chi connectivity index (χ1v) is 4.08. The molecule has 0 amide bonds. The molecule has 1 rings (SSSR count). The highest BCUT2D eigenvalue weighted by atomic mass is 16.5. The third-order valence-electron chi connectivity index (χ3n) is 1.96. The lowest BCUT2D eigenvalue weighted by atomic mass is 10.0. The predicted molar refractivity (Wildman–Crippen MR) is 49.4 cm³/mol. The summed E-state index contributed by atoms with van der Waals surface area (Å²) < 4.78 is 5.00. The molecule has 3 nitrogen and oxygen atoms in total. The fourth-order valence-electron chi connectivity index (χ4n) is 1.33. The summed E-state index contributed by atoms with van der Waals surface area (Å²) in [7, 11) is 1.47. The Kier molecular flexibility index (Phi) is 2.90. The molecule has 13 heavy (non-hydrogen) atoms. The zero-order chi connectivity index (χ0) is 9.84. The summed E-state index contributed by atoms with van der Waals surface area (Å²) in [6, 6.07) is 3.05. The van der Waals surface area contributed by atoms with Crippen molar-refractivity contribution in [1.29, 1.82) is 0 Å². The van der Waals surface area contributed by atoms with E-state index < -0.39 is 0 Å². The lowest BCUT2D eigenvalue weighted by Crippen LogP contribution is -1.96. The third-order valence-corrected chi connectivity index (χ3v) is 1.96. The van der Waals surface area contributed by atoms with E-state index in [-0.39, 0.29) is 5.75 Å². The van der Waals surface area contributed by atoms with Crippen LogP contribution in [0.2, 0.25) is 0 Å².